The zero-order valence-electron chi connectivity index (χ0n) is 6.79. The van der Waals surface area contributed by atoms with Gasteiger partial charge in [0.05, 0.1) is 12.2 Å². The molecule has 1 aliphatic rings. The Balaban J connectivity index is 2.52. The average Bonchev–Trinajstić information content (AvgIpc) is 2.30. The largest absolute Gasteiger partial charge is 0.366 e. The average molecular weight is 147 g/mol. The van der Waals surface area contributed by atoms with Crippen LogP contribution in [-0.4, -0.2) is 0 Å². The van der Waals surface area contributed by atoms with Crippen LogP contribution in [0, 0.1) is 6.07 Å². The van der Waals surface area contributed by atoms with E-state index >= 15 is 0 Å². The molecule has 1 radical (unpaired) electrons. The molecule has 0 saturated heterocycles. The molecule has 1 heterocycles. The Morgan fingerprint density at radius 1 is 1.36 bits per heavy atom. The molecule has 0 aliphatic carbocycles. The first-order chi connectivity index (χ1) is 5.29. The Bertz CT molecular complexity index is 240. The molecule has 11 heavy (non-hydrogen) atoms. The Morgan fingerprint density at radius 3 is 2.91 bits per heavy atom. The number of fused-ring (bicyclic) bond motifs is 1. The second-order valence-electron chi connectivity index (χ2n) is 2.96. The molecule has 1 heteroatoms. The maximum atomic E-state index is 5.60. The van der Waals surface area contributed by atoms with Crippen molar-refractivity contribution in [2.75, 3.05) is 0 Å². The molecule has 0 amide bonds. The van der Waals surface area contributed by atoms with Gasteiger partial charge in [0.15, 0.2) is 0 Å². The number of rotatable bonds is 0. The van der Waals surface area contributed by atoms with Crippen LogP contribution in [-0.2, 0) is 4.74 Å². The fraction of sp³-hybridized carbons (Fsp3) is 0.400. The standard InChI is InChI=1S/C10H11O/c1-7-9-5-3-4-6-10(9)8(2)11-7/h3-5,7-8H,1-2H3. The van der Waals surface area contributed by atoms with E-state index in [-0.39, 0.29) is 12.2 Å². The molecule has 0 spiro atoms. The highest BCUT2D eigenvalue weighted by Crippen LogP contribution is 2.37. The molecule has 0 saturated carbocycles. The topological polar surface area (TPSA) is 9.23 Å². The molecular formula is C10H11O. The predicted octanol–water partition coefficient (Wildman–Crippen LogP) is 2.64. The molecule has 0 bridgehead atoms. The second kappa shape index (κ2) is 2.35. The van der Waals surface area contributed by atoms with Crippen LogP contribution in [0.5, 0.6) is 0 Å². The van der Waals surface area contributed by atoms with Gasteiger partial charge in [-0.15, -0.1) is 0 Å². The summed E-state index contributed by atoms with van der Waals surface area (Å²) in [6, 6.07) is 9.27. The first kappa shape index (κ1) is 6.86. The lowest BCUT2D eigenvalue weighted by Gasteiger charge is -2.03. The van der Waals surface area contributed by atoms with Gasteiger partial charge in [-0.2, -0.15) is 0 Å². The molecule has 2 unspecified atom stereocenters. The summed E-state index contributed by atoms with van der Waals surface area (Å²) in [4.78, 5) is 0. The maximum Gasteiger partial charge on any atom is 0.0814 e. The first-order valence-electron chi connectivity index (χ1n) is 3.95. The van der Waals surface area contributed by atoms with E-state index in [1.54, 1.807) is 0 Å². The summed E-state index contributed by atoms with van der Waals surface area (Å²) in [7, 11) is 0. The van der Waals surface area contributed by atoms with Crippen LogP contribution in [0.1, 0.15) is 37.2 Å². The molecule has 0 fully saturated rings. The van der Waals surface area contributed by atoms with Gasteiger partial charge in [0, 0.05) is 0 Å². The molecular weight excluding hydrogens is 136 g/mol. The van der Waals surface area contributed by atoms with E-state index in [4.69, 9.17) is 4.74 Å². The van der Waals surface area contributed by atoms with Gasteiger partial charge in [-0.1, -0.05) is 18.2 Å². The smallest absolute Gasteiger partial charge is 0.0814 e. The number of benzene rings is 1. The van der Waals surface area contributed by atoms with Gasteiger partial charge in [-0.05, 0) is 31.0 Å². The Kier molecular flexibility index (Phi) is 1.46. The van der Waals surface area contributed by atoms with Crippen molar-refractivity contribution in [3.05, 3.63) is 35.4 Å². The molecule has 57 valence electrons. The molecule has 1 aromatic carbocycles. The quantitative estimate of drug-likeness (QED) is 0.548. The second-order valence-corrected chi connectivity index (χ2v) is 2.96. The minimum Gasteiger partial charge on any atom is -0.366 e. The highest BCUT2D eigenvalue weighted by molar-refractivity contribution is 5.32. The van der Waals surface area contributed by atoms with Crippen LogP contribution >= 0.6 is 0 Å². The Morgan fingerprint density at radius 2 is 2.18 bits per heavy atom. The van der Waals surface area contributed by atoms with Crippen LogP contribution in [0.2, 0.25) is 0 Å². The maximum absolute atomic E-state index is 5.60. The number of hydrogen-bond donors (Lipinski definition) is 0. The third kappa shape index (κ3) is 0.962. The van der Waals surface area contributed by atoms with Crippen molar-refractivity contribution < 1.29 is 4.74 Å². The van der Waals surface area contributed by atoms with Gasteiger partial charge in [0.1, 0.15) is 0 Å². The van der Waals surface area contributed by atoms with Gasteiger partial charge < -0.3 is 4.74 Å². The minimum atomic E-state index is 0.223. The fourth-order valence-corrected chi connectivity index (χ4v) is 1.62. The van der Waals surface area contributed by atoms with Crippen molar-refractivity contribution in [2.45, 2.75) is 26.1 Å². The number of ether oxygens (including phenoxy) is 1. The summed E-state index contributed by atoms with van der Waals surface area (Å²) >= 11 is 0. The summed E-state index contributed by atoms with van der Waals surface area (Å²) in [5.41, 5.74) is 2.51. The Labute approximate surface area is 67.0 Å². The molecule has 1 nitrogen and oxygen atoms in total. The minimum absolute atomic E-state index is 0.223. The van der Waals surface area contributed by atoms with E-state index in [1.165, 1.54) is 11.1 Å². The van der Waals surface area contributed by atoms with E-state index in [0.717, 1.165) is 0 Å². The summed E-state index contributed by atoms with van der Waals surface area (Å²) in [6.45, 7) is 4.15. The molecule has 1 aromatic rings. The summed E-state index contributed by atoms with van der Waals surface area (Å²) < 4.78 is 5.60. The van der Waals surface area contributed by atoms with Crippen LogP contribution in [0.3, 0.4) is 0 Å². The first-order valence-corrected chi connectivity index (χ1v) is 3.95. The van der Waals surface area contributed by atoms with Crippen molar-refractivity contribution in [3.63, 3.8) is 0 Å². The van der Waals surface area contributed by atoms with Crippen LogP contribution in [0.15, 0.2) is 18.2 Å². The van der Waals surface area contributed by atoms with E-state index < -0.39 is 0 Å². The molecule has 2 atom stereocenters. The van der Waals surface area contributed by atoms with Crippen molar-refractivity contribution in [1.82, 2.24) is 0 Å². The summed E-state index contributed by atoms with van der Waals surface area (Å²) in [5.74, 6) is 0. The third-order valence-electron chi connectivity index (χ3n) is 2.17. The van der Waals surface area contributed by atoms with E-state index in [0.29, 0.717) is 0 Å². The van der Waals surface area contributed by atoms with Crippen LogP contribution < -0.4 is 0 Å². The fourth-order valence-electron chi connectivity index (χ4n) is 1.62. The zero-order valence-corrected chi connectivity index (χ0v) is 6.79. The SMILES string of the molecule is CC1OC(C)c2ccc[c]c21. The summed E-state index contributed by atoms with van der Waals surface area (Å²) in [5, 5.41) is 0. The van der Waals surface area contributed by atoms with Gasteiger partial charge in [-0.25, -0.2) is 0 Å². The van der Waals surface area contributed by atoms with E-state index in [1.807, 2.05) is 12.1 Å². The predicted molar refractivity (Wildman–Crippen MR) is 43.2 cm³/mol. The van der Waals surface area contributed by atoms with Gasteiger partial charge in [0.25, 0.3) is 0 Å². The van der Waals surface area contributed by atoms with Crippen LogP contribution in [0.25, 0.3) is 0 Å². The van der Waals surface area contributed by atoms with Crippen molar-refractivity contribution in [1.29, 1.82) is 0 Å². The summed E-state index contributed by atoms with van der Waals surface area (Å²) in [6.07, 6.45) is 0.471. The molecule has 0 N–H and O–H groups in total. The molecule has 1 aliphatic heterocycles. The van der Waals surface area contributed by atoms with Crippen molar-refractivity contribution in [3.8, 4) is 0 Å². The normalized spacial score (nSPS) is 28.5. The lowest BCUT2D eigenvalue weighted by molar-refractivity contribution is 0.0331. The van der Waals surface area contributed by atoms with Crippen molar-refractivity contribution in [2.24, 2.45) is 0 Å². The van der Waals surface area contributed by atoms with Gasteiger partial charge in [-0.3, -0.25) is 0 Å². The van der Waals surface area contributed by atoms with Gasteiger partial charge in [0.2, 0.25) is 0 Å². The third-order valence-corrected chi connectivity index (χ3v) is 2.17. The highest BCUT2D eigenvalue weighted by atomic mass is 16.5. The highest BCUT2D eigenvalue weighted by Gasteiger charge is 2.24. The Hall–Kier alpha value is -0.820. The molecule has 0 aromatic heterocycles. The lowest BCUT2D eigenvalue weighted by Crippen LogP contribution is -1.88. The lowest BCUT2D eigenvalue weighted by atomic mass is 10.0. The molecule has 2 rings (SSSR count). The van der Waals surface area contributed by atoms with E-state index in [9.17, 15) is 0 Å². The van der Waals surface area contributed by atoms with Gasteiger partial charge >= 0.3 is 0 Å². The van der Waals surface area contributed by atoms with Crippen LogP contribution in [0.4, 0.5) is 0 Å². The van der Waals surface area contributed by atoms with Crippen molar-refractivity contribution >= 4 is 0 Å². The zero-order chi connectivity index (χ0) is 7.84. The monoisotopic (exact) mass is 147 g/mol. The number of hydrogen-bond acceptors (Lipinski definition) is 1. The van der Waals surface area contributed by atoms with E-state index in [2.05, 4.69) is 26.0 Å².